The fourth-order valence-electron chi connectivity index (χ4n) is 3.03. The highest BCUT2D eigenvalue weighted by atomic mass is 16.6. The summed E-state index contributed by atoms with van der Waals surface area (Å²) in [6.07, 6.45) is 2.93. The van der Waals surface area contributed by atoms with Crippen molar-refractivity contribution < 1.29 is 10.0 Å². The Balaban J connectivity index is 2.15. The summed E-state index contributed by atoms with van der Waals surface area (Å²) >= 11 is 0. The van der Waals surface area contributed by atoms with E-state index >= 15 is 0 Å². The standard InChI is InChI=1S/C20H22N6O3/c1-2-24(12-13-27)19-18(26(28)29)20(23-15-22-19)25(17-10-6-7-11-21-17)14-16-8-4-3-5-9-16/h3-11,15,27H,2,12-14H2,1H3. The summed E-state index contributed by atoms with van der Waals surface area (Å²) in [6.45, 7) is 2.75. The average Bonchev–Trinajstić information content (AvgIpc) is 2.76. The molecule has 0 aliphatic carbocycles. The van der Waals surface area contributed by atoms with Crippen LogP contribution < -0.4 is 9.80 Å². The number of aliphatic hydroxyl groups excluding tert-OH is 1. The molecule has 0 saturated carbocycles. The Labute approximate surface area is 168 Å². The quantitative estimate of drug-likeness (QED) is 0.436. The van der Waals surface area contributed by atoms with E-state index in [0.717, 1.165) is 5.56 Å². The zero-order valence-electron chi connectivity index (χ0n) is 16.0. The van der Waals surface area contributed by atoms with Crippen LogP contribution in [0.3, 0.4) is 0 Å². The number of likely N-dealkylation sites (N-methyl/N-ethyl adjacent to an activating group) is 1. The number of aliphatic hydroxyl groups is 1. The molecule has 0 spiro atoms. The fourth-order valence-corrected chi connectivity index (χ4v) is 3.03. The molecule has 0 aliphatic rings. The van der Waals surface area contributed by atoms with Gasteiger partial charge >= 0.3 is 5.69 Å². The number of anilines is 3. The molecule has 0 amide bonds. The summed E-state index contributed by atoms with van der Waals surface area (Å²) in [4.78, 5) is 27.7. The van der Waals surface area contributed by atoms with Gasteiger partial charge in [-0.1, -0.05) is 36.4 Å². The molecule has 1 aromatic carbocycles. The largest absolute Gasteiger partial charge is 0.395 e. The Morgan fingerprint density at radius 1 is 1.03 bits per heavy atom. The van der Waals surface area contributed by atoms with Crippen LogP contribution in [0.25, 0.3) is 0 Å². The molecule has 0 aliphatic heterocycles. The van der Waals surface area contributed by atoms with Gasteiger partial charge in [0.2, 0.25) is 11.6 Å². The molecular formula is C20H22N6O3. The fraction of sp³-hybridized carbons (Fsp3) is 0.250. The molecule has 2 aromatic heterocycles. The van der Waals surface area contributed by atoms with E-state index in [2.05, 4.69) is 15.0 Å². The summed E-state index contributed by atoms with van der Waals surface area (Å²) < 4.78 is 0. The lowest BCUT2D eigenvalue weighted by atomic mass is 10.2. The van der Waals surface area contributed by atoms with E-state index < -0.39 is 4.92 Å². The number of pyridine rings is 1. The normalized spacial score (nSPS) is 10.6. The van der Waals surface area contributed by atoms with Gasteiger partial charge in [0.05, 0.1) is 18.1 Å². The topological polar surface area (TPSA) is 109 Å². The maximum Gasteiger partial charge on any atom is 0.354 e. The van der Waals surface area contributed by atoms with Gasteiger partial charge in [-0.15, -0.1) is 0 Å². The number of nitrogens with zero attached hydrogens (tertiary/aromatic N) is 6. The van der Waals surface area contributed by atoms with E-state index in [1.807, 2.05) is 43.3 Å². The molecule has 9 nitrogen and oxygen atoms in total. The van der Waals surface area contributed by atoms with Gasteiger partial charge in [0.15, 0.2) is 0 Å². The third-order valence-electron chi connectivity index (χ3n) is 4.38. The van der Waals surface area contributed by atoms with Gasteiger partial charge in [-0.2, -0.15) is 0 Å². The molecule has 1 N–H and O–H groups in total. The number of nitro groups is 1. The lowest BCUT2D eigenvalue weighted by Crippen LogP contribution is -2.29. The predicted octanol–water partition coefficient (Wildman–Crippen LogP) is 2.94. The molecule has 0 radical (unpaired) electrons. The van der Waals surface area contributed by atoms with Crippen molar-refractivity contribution in [3.05, 3.63) is 76.7 Å². The van der Waals surface area contributed by atoms with Crippen molar-refractivity contribution in [1.82, 2.24) is 15.0 Å². The van der Waals surface area contributed by atoms with Crippen LogP contribution in [0.2, 0.25) is 0 Å². The van der Waals surface area contributed by atoms with Crippen molar-refractivity contribution in [3.8, 4) is 0 Å². The Bertz CT molecular complexity index is 939. The minimum absolute atomic E-state index is 0.141. The van der Waals surface area contributed by atoms with Crippen molar-refractivity contribution >= 4 is 23.1 Å². The second-order valence-electron chi connectivity index (χ2n) is 6.19. The first-order chi connectivity index (χ1) is 14.2. The van der Waals surface area contributed by atoms with Gasteiger partial charge in [-0.25, -0.2) is 15.0 Å². The molecule has 3 aromatic rings. The zero-order chi connectivity index (χ0) is 20.6. The summed E-state index contributed by atoms with van der Waals surface area (Å²) in [5.41, 5.74) is 0.736. The minimum atomic E-state index is -0.481. The number of hydrogen-bond acceptors (Lipinski definition) is 8. The van der Waals surface area contributed by atoms with Crippen LogP contribution in [0.4, 0.5) is 23.1 Å². The zero-order valence-corrected chi connectivity index (χ0v) is 16.0. The minimum Gasteiger partial charge on any atom is -0.395 e. The van der Waals surface area contributed by atoms with Crippen molar-refractivity contribution in [1.29, 1.82) is 0 Å². The molecule has 0 unspecified atom stereocenters. The van der Waals surface area contributed by atoms with Gasteiger partial charge in [0.25, 0.3) is 0 Å². The number of rotatable bonds is 9. The van der Waals surface area contributed by atoms with E-state index in [9.17, 15) is 15.2 Å². The van der Waals surface area contributed by atoms with E-state index in [1.54, 1.807) is 28.1 Å². The molecule has 2 heterocycles. The molecule has 9 heteroatoms. The van der Waals surface area contributed by atoms with Crippen LogP contribution in [-0.2, 0) is 6.54 Å². The maximum absolute atomic E-state index is 12.0. The van der Waals surface area contributed by atoms with Crippen LogP contribution >= 0.6 is 0 Å². The van der Waals surface area contributed by atoms with Crippen LogP contribution in [-0.4, -0.2) is 44.7 Å². The predicted molar refractivity (Wildman–Crippen MR) is 110 cm³/mol. The van der Waals surface area contributed by atoms with Crippen molar-refractivity contribution in [3.63, 3.8) is 0 Å². The van der Waals surface area contributed by atoms with Gasteiger partial charge in [-0.05, 0) is 24.6 Å². The highest BCUT2D eigenvalue weighted by Crippen LogP contribution is 2.37. The summed E-state index contributed by atoms with van der Waals surface area (Å²) in [6, 6.07) is 15.0. The lowest BCUT2D eigenvalue weighted by Gasteiger charge is -2.25. The average molecular weight is 394 g/mol. The van der Waals surface area contributed by atoms with Crippen molar-refractivity contribution in [2.45, 2.75) is 13.5 Å². The molecule has 0 fully saturated rings. The van der Waals surface area contributed by atoms with Crippen LogP contribution in [0.1, 0.15) is 12.5 Å². The van der Waals surface area contributed by atoms with Crippen LogP contribution in [0, 0.1) is 10.1 Å². The van der Waals surface area contributed by atoms with E-state index in [4.69, 9.17) is 0 Å². The third-order valence-corrected chi connectivity index (χ3v) is 4.38. The Kier molecular flexibility index (Phi) is 6.64. The smallest absolute Gasteiger partial charge is 0.354 e. The monoisotopic (exact) mass is 394 g/mol. The second-order valence-corrected chi connectivity index (χ2v) is 6.19. The van der Waals surface area contributed by atoms with E-state index in [-0.39, 0.29) is 30.5 Å². The van der Waals surface area contributed by atoms with Crippen LogP contribution in [0.5, 0.6) is 0 Å². The second kappa shape index (κ2) is 9.56. The third kappa shape index (κ3) is 4.64. The highest BCUT2D eigenvalue weighted by Gasteiger charge is 2.30. The number of aromatic nitrogens is 3. The van der Waals surface area contributed by atoms with E-state index in [1.165, 1.54) is 6.33 Å². The number of hydrogen-bond donors (Lipinski definition) is 1. The van der Waals surface area contributed by atoms with Gasteiger partial charge in [-0.3, -0.25) is 10.1 Å². The molecule has 150 valence electrons. The van der Waals surface area contributed by atoms with Crippen LogP contribution in [0.15, 0.2) is 61.1 Å². The summed E-state index contributed by atoms with van der Waals surface area (Å²) in [5, 5.41) is 21.4. The summed E-state index contributed by atoms with van der Waals surface area (Å²) in [7, 11) is 0. The first kappa shape index (κ1) is 20.2. The van der Waals surface area contributed by atoms with Gasteiger partial charge in [0, 0.05) is 19.3 Å². The molecule has 0 bridgehead atoms. The Hall–Kier alpha value is -3.59. The molecule has 0 saturated heterocycles. The molecule has 3 rings (SSSR count). The summed E-state index contributed by atoms with van der Waals surface area (Å²) in [5.74, 6) is 0.860. The first-order valence-electron chi connectivity index (χ1n) is 9.23. The maximum atomic E-state index is 12.0. The number of benzene rings is 1. The van der Waals surface area contributed by atoms with Gasteiger partial charge < -0.3 is 14.9 Å². The molecule has 29 heavy (non-hydrogen) atoms. The van der Waals surface area contributed by atoms with Crippen molar-refractivity contribution in [2.75, 3.05) is 29.5 Å². The molecule has 0 atom stereocenters. The van der Waals surface area contributed by atoms with Gasteiger partial charge in [0.1, 0.15) is 12.1 Å². The SMILES string of the molecule is CCN(CCO)c1ncnc(N(Cc2ccccc2)c2ccccn2)c1[N+](=O)[O-]. The lowest BCUT2D eigenvalue weighted by molar-refractivity contribution is -0.383. The Morgan fingerprint density at radius 3 is 2.38 bits per heavy atom. The van der Waals surface area contributed by atoms with Crippen molar-refractivity contribution in [2.24, 2.45) is 0 Å². The van der Waals surface area contributed by atoms with E-state index in [0.29, 0.717) is 18.9 Å². The Morgan fingerprint density at radius 2 is 1.76 bits per heavy atom. The molecular weight excluding hydrogens is 372 g/mol. The highest BCUT2D eigenvalue weighted by molar-refractivity contribution is 5.75. The first-order valence-corrected chi connectivity index (χ1v) is 9.23.